The zero-order valence-corrected chi connectivity index (χ0v) is 9.52. The third-order valence-electron chi connectivity index (χ3n) is 2.91. The normalized spacial score (nSPS) is 17.8. The predicted octanol–water partition coefficient (Wildman–Crippen LogP) is 1.60. The fourth-order valence-corrected chi connectivity index (χ4v) is 1.13. The van der Waals surface area contributed by atoms with Crippen molar-refractivity contribution >= 4 is 0 Å². The van der Waals surface area contributed by atoms with Gasteiger partial charge in [0.25, 0.3) is 0 Å². The van der Waals surface area contributed by atoms with E-state index in [1.54, 1.807) is 5.01 Å². The van der Waals surface area contributed by atoms with Crippen molar-refractivity contribution in [1.82, 2.24) is 5.01 Å². The summed E-state index contributed by atoms with van der Waals surface area (Å²) >= 11 is 0. The maximum atomic E-state index is 6.11. The summed E-state index contributed by atoms with van der Waals surface area (Å²) in [7, 11) is 0. The molecule has 0 radical (unpaired) electrons. The van der Waals surface area contributed by atoms with E-state index >= 15 is 0 Å². The second kappa shape index (κ2) is 4.63. The molecule has 0 aromatic heterocycles. The first-order chi connectivity index (χ1) is 5.86. The molecule has 0 bridgehead atoms. The van der Waals surface area contributed by atoms with E-state index in [0.717, 1.165) is 18.7 Å². The molecule has 0 aliphatic heterocycles. The number of nitrogens with zero attached hydrogens (tertiary/aromatic N) is 1. The third-order valence-corrected chi connectivity index (χ3v) is 2.91. The molecule has 3 heteroatoms. The maximum absolute atomic E-state index is 6.11. The van der Waals surface area contributed by atoms with Gasteiger partial charge in [-0.1, -0.05) is 6.92 Å². The molecule has 0 aromatic carbocycles. The maximum Gasteiger partial charge on any atom is 0.0355 e. The van der Waals surface area contributed by atoms with Gasteiger partial charge in [-0.15, -0.1) is 0 Å². The van der Waals surface area contributed by atoms with Crippen LogP contribution in [0.2, 0.25) is 0 Å². The van der Waals surface area contributed by atoms with Crippen molar-refractivity contribution in [3.63, 3.8) is 0 Å². The minimum absolute atomic E-state index is 0.239. The molecule has 0 rings (SSSR count). The lowest BCUT2D eigenvalue weighted by Gasteiger charge is -2.29. The fourth-order valence-electron chi connectivity index (χ4n) is 1.13. The zero-order chi connectivity index (χ0) is 10.6. The molecule has 1 atom stereocenters. The van der Waals surface area contributed by atoms with E-state index in [9.17, 15) is 0 Å². The van der Waals surface area contributed by atoms with E-state index < -0.39 is 0 Å². The lowest BCUT2D eigenvalue weighted by Crippen LogP contribution is -2.40. The summed E-state index contributed by atoms with van der Waals surface area (Å²) in [6.45, 7) is 11.0. The van der Waals surface area contributed by atoms with E-state index in [1.807, 2.05) is 27.7 Å². The minimum atomic E-state index is -0.239. The van der Waals surface area contributed by atoms with Crippen molar-refractivity contribution in [2.75, 3.05) is 6.54 Å². The van der Waals surface area contributed by atoms with Crippen molar-refractivity contribution in [2.24, 2.45) is 11.6 Å². The summed E-state index contributed by atoms with van der Waals surface area (Å²) in [5, 5.41) is 1.73. The van der Waals surface area contributed by atoms with Crippen LogP contribution in [0.1, 0.15) is 41.0 Å². The van der Waals surface area contributed by atoms with Crippen LogP contribution in [0.5, 0.6) is 0 Å². The van der Waals surface area contributed by atoms with E-state index in [4.69, 9.17) is 11.6 Å². The van der Waals surface area contributed by atoms with Gasteiger partial charge in [-0.3, -0.25) is 0 Å². The topological polar surface area (TPSA) is 55.3 Å². The highest BCUT2D eigenvalue weighted by Gasteiger charge is 2.20. The van der Waals surface area contributed by atoms with Crippen LogP contribution >= 0.6 is 0 Å². The SMILES string of the molecule is CCN(N)/C(C)=C(\C)C(C)(N)CC. The molecule has 3 nitrogen and oxygen atoms in total. The average molecular weight is 185 g/mol. The Labute approximate surface area is 81.7 Å². The molecule has 0 aliphatic rings. The Hall–Kier alpha value is -0.540. The van der Waals surface area contributed by atoms with E-state index in [-0.39, 0.29) is 5.54 Å². The van der Waals surface area contributed by atoms with Gasteiger partial charge in [0.05, 0.1) is 0 Å². The van der Waals surface area contributed by atoms with Crippen LogP contribution in [0.4, 0.5) is 0 Å². The molecule has 0 amide bonds. The van der Waals surface area contributed by atoms with Crippen molar-refractivity contribution in [2.45, 2.75) is 46.6 Å². The number of rotatable bonds is 4. The summed E-state index contributed by atoms with van der Waals surface area (Å²) in [6, 6.07) is 0. The highest BCUT2D eigenvalue weighted by atomic mass is 15.4. The van der Waals surface area contributed by atoms with Crippen LogP contribution in [0.25, 0.3) is 0 Å². The van der Waals surface area contributed by atoms with Gasteiger partial charge in [-0.25, -0.2) is 5.84 Å². The predicted molar refractivity (Wildman–Crippen MR) is 57.8 cm³/mol. The van der Waals surface area contributed by atoms with Crippen molar-refractivity contribution < 1.29 is 0 Å². The Kier molecular flexibility index (Phi) is 4.44. The third kappa shape index (κ3) is 3.01. The quantitative estimate of drug-likeness (QED) is 0.517. The lowest BCUT2D eigenvalue weighted by atomic mass is 9.90. The molecule has 4 N–H and O–H groups in total. The highest BCUT2D eigenvalue weighted by Crippen LogP contribution is 2.20. The summed E-state index contributed by atoms with van der Waals surface area (Å²) < 4.78 is 0. The van der Waals surface area contributed by atoms with Gasteiger partial charge in [0.1, 0.15) is 0 Å². The second-order valence-electron chi connectivity index (χ2n) is 3.77. The first-order valence-corrected chi connectivity index (χ1v) is 4.85. The largest absolute Gasteiger partial charge is 0.322 e. The van der Waals surface area contributed by atoms with E-state index in [1.165, 1.54) is 5.57 Å². The smallest absolute Gasteiger partial charge is 0.0355 e. The molecule has 0 saturated carbocycles. The van der Waals surface area contributed by atoms with E-state index in [0.29, 0.717) is 0 Å². The molecule has 0 spiro atoms. The minimum Gasteiger partial charge on any atom is -0.322 e. The van der Waals surface area contributed by atoms with Crippen LogP contribution in [0.3, 0.4) is 0 Å². The molecule has 0 aromatic rings. The summed E-state index contributed by atoms with van der Waals surface area (Å²) in [4.78, 5) is 0. The van der Waals surface area contributed by atoms with E-state index in [2.05, 4.69) is 6.92 Å². The molecular weight excluding hydrogens is 162 g/mol. The van der Waals surface area contributed by atoms with Crippen molar-refractivity contribution in [1.29, 1.82) is 0 Å². The monoisotopic (exact) mass is 185 g/mol. The number of hydrogen-bond donors (Lipinski definition) is 2. The van der Waals surface area contributed by atoms with Crippen LogP contribution in [-0.4, -0.2) is 17.1 Å². The van der Waals surface area contributed by atoms with Gasteiger partial charge in [-0.05, 0) is 39.7 Å². The zero-order valence-electron chi connectivity index (χ0n) is 9.52. The van der Waals surface area contributed by atoms with Gasteiger partial charge in [0.15, 0.2) is 0 Å². The summed E-state index contributed by atoms with van der Waals surface area (Å²) in [5.41, 5.74) is 8.12. The molecule has 0 saturated heterocycles. The van der Waals surface area contributed by atoms with Crippen LogP contribution in [0.15, 0.2) is 11.3 Å². The molecule has 78 valence electrons. The van der Waals surface area contributed by atoms with Gasteiger partial charge in [0, 0.05) is 17.8 Å². The molecular formula is C10H23N3. The molecule has 0 aliphatic carbocycles. The number of allylic oxidation sites excluding steroid dienone is 1. The molecule has 13 heavy (non-hydrogen) atoms. The lowest BCUT2D eigenvalue weighted by molar-refractivity contribution is 0.364. The molecule has 1 unspecified atom stereocenters. The highest BCUT2D eigenvalue weighted by molar-refractivity contribution is 5.20. The van der Waals surface area contributed by atoms with Crippen LogP contribution in [-0.2, 0) is 0 Å². The Bertz CT molecular complexity index is 194. The number of hydrazine groups is 1. The first kappa shape index (κ1) is 12.5. The first-order valence-electron chi connectivity index (χ1n) is 4.85. The van der Waals surface area contributed by atoms with Crippen molar-refractivity contribution in [3.8, 4) is 0 Å². The van der Waals surface area contributed by atoms with Crippen LogP contribution in [0, 0.1) is 0 Å². The summed E-state index contributed by atoms with van der Waals surface area (Å²) in [6.07, 6.45) is 0.924. The fraction of sp³-hybridized carbons (Fsp3) is 0.800. The van der Waals surface area contributed by atoms with Gasteiger partial charge >= 0.3 is 0 Å². The Balaban J connectivity index is 4.80. The molecule has 0 fully saturated rings. The Morgan fingerprint density at radius 1 is 1.31 bits per heavy atom. The standard InChI is InChI=1S/C10H23N3/c1-6-10(5,11)8(3)9(4)13(12)7-2/h6-7,11-12H2,1-5H3/b9-8+. The van der Waals surface area contributed by atoms with Gasteiger partial charge in [-0.2, -0.15) is 0 Å². The number of nitrogens with two attached hydrogens (primary N) is 2. The average Bonchev–Trinajstić information content (AvgIpc) is 2.14. The van der Waals surface area contributed by atoms with Crippen molar-refractivity contribution in [3.05, 3.63) is 11.3 Å². The van der Waals surface area contributed by atoms with Crippen LogP contribution < -0.4 is 11.6 Å². The summed E-state index contributed by atoms with van der Waals surface area (Å²) in [5.74, 6) is 5.79. The Morgan fingerprint density at radius 3 is 2.08 bits per heavy atom. The van der Waals surface area contributed by atoms with Gasteiger partial charge in [0.2, 0.25) is 0 Å². The number of hydrogen-bond acceptors (Lipinski definition) is 3. The molecule has 0 heterocycles. The second-order valence-corrected chi connectivity index (χ2v) is 3.77. The Morgan fingerprint density at radius 2 is 1.77 bits per heavy atom. The van der Waals surface area contributed by atoms with Gasteiger partial charge < -0.3 is 10.7 Å².